The van der Waals surface area contributed by atoms with Crippen LogP contribution in [0.5, 0.6) is 0 Å². The second kappa shape index (κ2) is 16.3. The maximum atomic E-state index is 15.8. The lowest BCUT2D eigenvalue weighted by atomic mass is 9.84. The second-order valence-corrected chi connectivity index (χ2v) is 17.1. The Labute approximate surface area is 347 Å². The predicted molar refractivity (Wildman–Crippen MR) is 219 cm³/mol. The van der Waals surface area contributed by atoms with E-state index in [1.165, 1.54) is 6.07 Å². The van der Waals surface area contributed by atoms with Gasteiger partial charge in [0.05, 0.1) is 5.69 Å². The number of aromatic nitrogens is 3. The van der Waals surface area contributed by atoms with Crippen LogP contribution in [0, 0.1) is 11.7 Å². The van der Waals surface area contributed by atoms with Crippen molar-refractivity contribution in [3.05, 3.63) is 64.9 Å². The lowest BCUT2D eigenvalue weighted by Crippen LogP contribution is -2.52. The minimum atomic E-state index is -0.794. The van der Waals surface area contributed by atoms with Gasteiger partial charge in [-0.3, -0.25) is 29.4 Å². The van der Waals surface area contributed by atoms with Crippen LogP contribution in [-0.2, 0) is 16.1 Å². The number of fused-ring (bicyclic) bond motifs is 1. The number of urea groups is 1. The molecule has 0 radical (unpaired) electrons. The van der Waals surface area contributed by atoms with Crippen LogP contribution < -0.4 is 26.2 Å². The highest BCUT2D eigenvalue weighted by atomic mass is 19.1. The molecule has 3 aromatic rings. The Kier molecular flexibility index (Phi) is 10.7. The molecule has 4 saturated heterocycles. The van der Waals surface area contributed by atoms with Gasteiger partial charge in [-0.2, -0.15) is 0 Å². The van der Waals surface area contributed by atoms with E-state index in [2.05, 4.69) is 46.6 Å². The summed E-state index contributed by atoms with van der Waals surface area (Å²) in [7, 11) is 1.81. The van der Waals surface area contributed by atoms with Crippen molar-refractivity contribution in [3.63, 3.8) is 0 Å². The van der Waals surface area contributed by atoms with Gasteiger partial charge in [-0.25, -0.2) is 14.2 Å². The van der Waals surface area contributed by atoms with E-state index in [0.717, 1.165) is 69.7 Å². The third kappa shape index (κ3) is 7.79. The minimum absolute atomic E-state index is 0.0354. The molecule has 18 heteroatoms. The molecule has 9 rings (SSSR count). The summed E-state index contributed by atoms with van der Waals surface area (Å²) in [6.07, 6.45) is 4.96. The topological polar surface area (TPSA) is 194 Å². The lowest BCUT2D eigenvalue weighted by molar-refractivity contribution is -0.136. The van der Waals surface area contributed by atoms with Crippen molar-refractivity contribution >= 4 is 52.5 Å². The molecule has 0 bridgehead atoms. The van der Waals surface area contributed by atoms with Gasteiger partial charge in [0.15, 0.2) is 17.3 Å². The Balaban J connectivity index is 0.779. The number of likely N-dealkylation sites (N-methyl/N-ethyl adjacent to an activating group) is 1. The first kappa shape index (κ1) is 39.5. The third-order valence-electron chi connectivity index (χ3n) is 13.2. The molecule has 6 amide bonds. The van der Waals surface area contributed by atoms with Crippen molar-refractivity contribution in [2.24, 2.45) is 11.7 Å². The first-order valence-corrected chi connectivity index (χ1v) is 21.1. The van der Waals surface area contributed by atoms with E-state index in [0.29, 0.717) is 74.2 Å². The number of nitrogens with one attached hydrogen (secondary N) is 2. The number of piperazine rings is 1. The summed E-state index contributed by atoms with van der Waals surface area (Å²) in [5.41, 5.74) is 9.01. The summed E-state index contributed by atoms with van der Waals surface area (Å²) in [6, 6.07) is 10.3. The van der Waals surface area contributed by atoms with Crippen LogP contribution in [0.3, 0.4) is 0 Å². The van der Waals surface area contributed by atoms with Gasteiger partial charge in [0.25, 0.3) is 11.8 Å². The fraction of sp³-hybridized carbons (Fsp3) is 0.524. The van der Waals surface area contributed by atoms with Crippen LogP contribution in [0.25, 0.3) is 0 Å². The summed E-state index contributed by atoms with van der Waals surface area (Å²) in [6.45, 7) is 7.45. The normalized spacial score (nSPS) is 25.0. The van der Waals surface area contributed by atoms with Gasteiger partial charge >= 0.3 is 6.03 Å². The number of amides is 6. The SMILES string of the molecule is CN1CCN([C@@H]2CCCC(c3nnc(C(N)=O)c(Nc4ccc(N5CCN(CC6CCN(c7ccc8c(c7)CN(C7CCC(=O)NC7=O)C8=O)C6)CC5)c(F)c4)n3)C2)C1=O. The quantitative estimate of drug-likeness (QED) is 0.254. The highest BCUT2D eigenvalue weighted by molar-refractivity contribution is 6.05. The number of hydrogen-bond acceptors (Lipinski definition) is 12. The van der Waals surface area contributed by atoms with Gasteiger partial charge in [0.2, 0.25) is 11.8 Å². The number of benzene rings is 2. The lowest BCUT2D eigenvalue weighted by Gasteiger charge is -2.37. The standard InChI is InChI=1S/C42H51FN12O5/c1-50-13-18-54(42(50)60)30-4-2-3-26(19-30)38-47-39(36(37(44)57)48-49-38)45-28-5-8-33(32(43)21-28)52-16-14-51(15-17-52)22-25-11-12-53(23-25)29-6-7-31-27(20-29)24-55(41(31)59)34-9-10-35(56)46-40(34)58/h5-8,20-21,25-26,30,34H,2-4,9-19,22-24H2,1H3,(H2,44,57)(H,45,47,49)(H,46,56,58)/t25?,26?,30-,34?/m1/s1. The largest absolute Gasteiger partial charge is 0.371 e. The third-order valence-corrected chi connectivity index (χ3v) is 13.2. The number of carbonyl (C=O) groups is 5. The molecule has 4 atom stereocenters. The van der Waals surface area contributed by atoms with Crippen LogP contribution in [0.2, 0.25) is 0 Å². The fourth-order valence-corrected chi connectivity index (χ4v) is 9.94. The Morgan fingerprint density at radius 2 is 1.75 bits per heavy atom. The first-order valence-electron chi connectivity index (χ1n) is 21.1. The number of nitrogens with two attached hydrogens (primary N) is 1. The number of piperidine rings is 1. The second-order valence-electron chi connectivity index (χ2n) is 17.1. The maximum absolute atomic E-state index is 15.8. The van der Waals surface area contributed by atoms with E-state index in [9.17, 15) is 24.0 Å². The van der Waals surface area contributed by atoms with Crippen molar-refractivity contribution in [3.8, 4) is 0 Å². The number of anilines is 4. The molecule has 0 spiro atoms. The molecule has 4 N–H and O–H groups in total. The van der Waals surface area contributed by atoms with Gasteiger partial charge in [-0.05, 0) is 80.0 Å². The van der Waals surface area contributed by atoms with Crippen molar-refractivity contribution in [1.82, 2.24) is 40.1 Å². The number of carbonyl (C=O) groups excluding carboxylic acids is 5. The van der Waals surface area contributed by atoms with Gasteiger partial charge in [-0.1, -0.05) is 6.42 Å². The molecular weight excluding hydrogens is 772 g/mol. The van der Waals surface area contributed by atoms with E-state index in [1.807, 2.05) is 24.1 Å². The zero-order valence-corrected chi connectivity index (χ0v) is 33.8. The summed E-state index contributed by atoms with van der Waals surface area (Å²) in [5.74, 6) is -1.06. The summed E-state index contributed by atoms with van der Waals surface area (Å²) >= 11 is 0. The zero-order valence-electron chi connectivity index (χ0n) is 33.8. The average molecular weight is 823 g/mol. The van der Waals surface area contributed by atoms with Gasteiger partial charge < -0.3 is 35.6 Å². The smallest absolute Gasteiger partial charge is 0.320 e. The molecule has 6 heterocycles. The van der Waals surface area contributed by atoms with Crippen molar-refractivity contribution < 1.29 is 28.4 Å². The van der Waals surface area contributed by atoms with Crippen LogP contribution in [0.1, 0.15) is 83.1 Å². The molecule has 5 fully saturated rings. The average Bonchev–Trinajstić information content (AvgIpc) is 3.94. The van der Waals surface area contributed by atoms with Gasteiger partial charge in [0.1, 0.15) is 11.9 Å². The molecule has 3 unspecified atom stereocenters. The van der Waals surface area contributed by atoms with Gasteiger partial charge in [-0.15, -0.1) is 10.2 Å². The van der Waals surface area contributed by atoms with Crippen LogP contribution in [0.15, 0.2) is 36.4 Å². The molecule has 6 aliphatic rings. The van der Waals surface area contributed by atoms with E-state index >= 15 is 4.39 Å². The van der Waals surface area contributed by atoms with Crippen molar-refractivity contribution in [2.75, 3.05) is 81.1 Å². The highest BCUT2D eigenvalue weighted by Gasteiger charge is 2.40. The Morgan fingerprint density at radius 3 is 2.50 bits per heavy atom. The summed E-state index contributed by atoms with van der Waals surface area (Å²) < 4.78 is 15.8. The Hall–Kier alpha value is -5.91. The van der Waals surface area contributed by atoms with Crippen molar-refractivity contribution in [2.45, 2.75) is 69.5 Å². The van der Waals surface area contributed by atoms with E-state index in [-0.39, 0.29) is 47.7 Å². The zero-order chi connectivity index (χ0) is 41.7. The summed E-state index contributed by atoms with van der Waals surface area (Å²) in [4.78, 5) is 79.1. The summed E-state index contributed by atoms with van der Waals surface area (Å²) in [5, 5.41) is 13.8. The molecule has 1 aromatic heterocycles. The monoisotopic (exact) mass is 822 g/mol. The van der Waals surface area contributed by atoms with Crippen LogP contribution >= 0.6 is 0 Å². The molecule has 1 aliphatic carbocycles. The van der Waals surface area contributed by atoms with Crippen molar-refractivity contribution in [1.29, 1.82) is 0 Å². The number of imide groups is 1. The number of rotatable bonds is 10. The molecule has 17 nitrogen and oxygen atoms in total. The minimum Gasteiger partial charge on any atom is -0.371 e. The molecule has 1 saturated carbocycles. The number of hydrogen-bond donors (Lipinski definition) is 3. The number of nitrogens with zero attached hydrogens (tertiary/aromatic N) is 9. The molecule has 5 aliphatic heterocycles. The Bertz CT molecular complexity index is 2220. The first-order chi connectivity index (χ1) is 29.0. The van der Waals surface area contributed by atoms with Gasteiger partial charge in [0, 0.05) is 108 Å². The van der Waals surface area contributed by atoms with Crippen LogP contribution in [0.4, 0.5) is 32.1 Å². The maximum Gasteiger partial charge on any atom is 0.320 e. The molecule has 2 aromatic carbocycles. The van der Waals surface area contributed by atoms with E-state index < -0.39 is 23.7 Å². The number of primary amides is 1. The van der Waals surface area contributed by atoms with E-state index in [1.54, 1.807) is 21.9 Å². The molecule has 316 valence electrons. The van der Waals surface area contributed by atoms with Crippen LogP contribution in [-0.4, -0.2) is 142 Å². The highest BCUT2D eigenvalue weighted by Crippen LogP contribution is 2.36. The molecular formula is C42H51FN12O5. The Morgan fingerprint density at radius 1 is 0.917 bits per heavy atom. The number of halogens is 1. The predicted octanol–water partition coefficient (Wildman–Crippen LogP) is 2.66. The van der Waals surface area contributed by atoms with E-state index in [4.69, 9.17) is 5.73 Å². The fourth-order valence-electron chi connectivity index (χ4n) is 9.94. The molecule has 60 heavy (non-hydrogen) atoms.